The third-order valence-corrected chi connectivity index (χ3v) is 18.2. The molecule has 4 saturated heterocycles. The summed E-state index contributed by atoms with van der Waals surface area (Å²) in [5.41, 5.74) is 10.5. The molecule has 24 heteroatoms. The largest absolute Gasteiger partial charge is 0.542 e. The van der Waals surface area contributed by atoms with Crippen LogP contribution in [0.1, 0.15) is 81.8 Å². The lowest BCUT2D eigenvalue weighted by Crippen LogP contribution is -2.59. The summed E-state index contributed by atoms with van der Waals surface area (Å²) in [5, 5.41) is 30.6. The number of hydrogen-bond acceptors (Lipinski definition) is 12. The molecule has 0 bridgehead atoms. The van der Waals surface area contributed by atoms with Gasteiger partial charge < -0.3 is 50.0 Å². The van der Waals surface area contributed by atoms with Gasteiger partial charge in [-0.1, -0.05) is 72.8 Å². The van der Waals surface area contributed by atoms with Gasteiger partial charge in [0.15, 0.2) is 0 Å². The first-order valence-electron chi connectivity index (χ1n) is 32.3. The van der Waals surface area contributed by atoms with Crippen molar-refractivity contribution in [3.8, 4) is 22.3 Å². The molecule has 4 fully saturated rings. The summed E-state index contributed by atoms with van der Waals surface area (Å²) in [4.78, 5) is 53.5. The van der Waals surface area contributed by atoms with Gasteiger partial charge in [-0.25, -0.2) is 8.78 Å². The number of aliphatic carboxylic acids is 2. The zero-order valence-corrected chi connectivity index (χ0v) is 55.9. The Bertz CT molecular complexity index is 3360. The number of carboxylic acid groups (broad SMARTS) is 2. The fraction of sp³-hybridized carbons (Fsp3) is 0.444. The second-order valence-corrected chi connectivity index (χ2v) is 26.7. The van der Waals surface area contributed by atoms with E-state index in [0.29, 0.717) is 59.5 Å². The monoisotopic (exact) mass is 1340 g/mol. The first-order valence-corrected chi connectivity index (χ1v) is 32.3. The highest BCUT2D eigenvalue weighted by molar-refractivity contribution is 5.95. The predicted molar refractivity (Wildman–Crippen MR) is 350 cm³/mol. The number of piperazine rings is 4. The third kappa shape index (κ3) is 23.3. The molecule has 520 valence electrons. The molecular formula is C72H90F8N10O6. The summed E-state index contributed by atoms with van der Waals surface area (Å²) >= 11 is 0. The molecule has 16 nitrogen and oxygen atoms in total. The van der Waals surface area contributed by atoms with E-state index >= 15 is 0 Å². The zero-order valence-electron chi connectivity index (χ0n) is 55.9. The number of nitrogens with zero attached hydrogens (tertiary/aromatic N) is 6. The fourth-order valence-corrected chi connectivity index (χ4v) is 11.9. The number of carboxylic acids is 2. The van der Waals surface area contributed by atoms with E-state index in [1.807, 2.05) is 72.8 Å². The second kappa shape index (κ2) is 34.0. The van der Waals surface area contributed by atoms with E-state index in [4.69, 9.17) is 19.8 Å². The van der Waals surface area contributed by atoms with Crippen molar-refractivity contribution in [1.82, 2.24) is 40.9 Å². The number of rotatable bonds is 16. The summed E-state index contributed by atoms with van der Waals surface area (Å²) in [6, 6.07) is 44.5. The summed E-state index contributed by atoms with van der Waals surface area (Å²) in [7, 11) is 9.18. The number of amides is 2. The molecule has 0 spiro atoms. The molecule has 0 aliphatic carbocycles. The third-order valence-electron chi connectivity index (χ3n) is 18.2. The van der Waals surface area contributed by atoms with Crippen molar-refractivity contribution in [2.75, 3.05) is 107 Å². The number of benzene rings is 6. The van der Waals surface area contributed by atoms with Gasteiger partial charge in [-0.3, -0.25) is 29.2 Å². The Morgan fingerprint density at radius 3 is 1.10 bits per heavy atom. The summed E-state index contributed by atoms with van der Waals surface area (Å²) in [6.07, 6.45) is -10.4. The second-order valence-electron chi connectivity index (χ2n) is 26.7. The molecule has 2 unspecified atom stereocenters. The molecule has 6 aromatic carbocycles. The molecule has 0 radical (unpaired) electrons. The molecule has 10 rings (SSSR count). The Labute approximate surface area is 558 Å². The molecular weight excluding hydrogens is 1250 g/mol. The maximum atomic E-state index is 15.0. The van der Waals surface area contributed by atoms with Crippen LogP contribution in [0.5, 0.6) is 0 Å². The van der Waals surface area contributed by atoms with Crippen molar-refractivity contribution >= 4 is 23.8 Å². The number of alkyl halides is 6. The van der Waals surface area contributed by atoms with E-state index in [1.54, 1.807) is 12.1 Å². The van der Waals surface area contributed by atoms with Gasteiger partial charge in [0.2, 0.25) is 0 Å². The Hall–Kier alpha value is -7.68. The molecule has 6 aromatic rings. The van der Waals surface area contributed by atoms with Crippen molar-refractivity contribution < 1.29 is 73.5 Å². The van der Waals surface area contributed by atoms with Crippen LogP contribution in [0.15, 0.2) is 133 Å². The number of likely N-dealkylation sites (N-methyl/N-ethyl adjacent to an activating group) is 2. The number of hydrogen-bond donors (Lipinski definition) is 4. The van der Waals surface area contributed by atoms with E-state index in [1.165, 1.54) is 23.3 Å². The Morgan fingerprint density at radius 2 is 0.781 bits per heavy atom. The maximum Gasteiger partial charge on any atom is 0.430 e. The minimum absolute atomic E-state index is 0.116. The lowest BCUT2D eigenvalue weighted by molar-refractivity contribution is -0.917. The van der Waals surface area contributed by atoms with Gasteiger partial charge in [-0.05, 0) is 133 Å². The van der Waals surface area contributed by atoms with Gasteiger partial charge >= 0.3 is 12.4 Å². The predicted octanol–water partition coefficient (Wildman–Crippen LogP) is 7.59. The molecule has 96 heavy (non-hydrogen) atoms. The molecule has 0 saturated carbocycles. The zero-order chi connectivity index (χ0) is 70.1. The summed E-state index contributed by atoms with van der Waals surface area (Å²) in [6.45, 7) is 25.6. The molecule has 4 N–H and O–H groups in total. The quantitative estimate of drug-likeness (QED) is 0.0553. The van der Waals surface area contributed by atoms with E-state index in [-0.39, 0.29) is 23.4 Å². The first kappa shape index (κ1) is 75.7. The van der Waals surface area contributed by atoms with Crippen LogP contribution in [0, 0.1) is 11.6 Å². The average Bonchev–Trinajstić information content (AvgIpc) is 0.953. The highest BCUT2D eigenvalue weighted by Crippen LogP contribution is 2.29. The standard InChI is InChI=1S/2C34H44FN5O.2C2HF3O2/c2*1-25-21-38(14-13-36-25)23-28-7-5-9-30(17-28)32-19-27(11-12-33(32)35)20-37-34(41)31-10-6-8-29(18-31)24-39-15-16-40(3,4)26(2)22-39;2*3-2(4,5)1(6)7/h2*5-12,17-19,25-26,36H,13-16,20-24H2,1-4H3;2*(H,6,7)/t2*25-,26?;;/m00../s1. The Kier molecular flexibility index (Phi) is 26.8. The summed E-state index contributed by atoms with van der Waals surface area (Å²) in [5.74, 6) is -6.76. The van der Waals surface area contributed by atoms with Crippen molar-refractivity contribution in [3.05, 3.63) is 190 Å². The van der Waals surface area contributed by atoms with E-state index in [9.17, 15) is 44.7 Å². The Morgan fingerprint density at radius 1 is 0.458 bits per heavy atom. The molecule has 0 aromatic heterocycles. The number of nitrogens with one attached hydrogen (secondary N) is 4. The van der Waals surface area contributed by atoms with Crippen LogP contribution in [0.3, 0.4) is 0 Å². The fourth-order valence-electron chi connectivity index (χ4n) is 11.9. The van der Waals surface area contributed by atoms with Crippen LogP contribution < -0.4 is 31.5 Å². The molecule has 2 amide bonds. The maximum absolute atomic E-state index is 15.0. The number of halogens is 8. The van der Waals surface area contributed by atoms with Gasteiger partial charge in [0.25, 0.3) is 11.8 Å². The minimum atomic E-state index is -5.19. The van der Waals surface area contributed by atoms with E-state index in [2.05, 4.69) is 133 Å². The van der Waals surface area contributed by atoms with Crippen LogP contribution in [0.4, 0.5) is 35.1 Å². The van der Waals surface area contributed by atoms with Crippen LogP contribution in [0.25, 0.3) is 22.3 Å². The molecule has 4 atom stereocenters. The van der Waals surface area contributed by atoms with E-state index < -0.39 is 24.3 Å². The van der Waals surface area contributed by atoms with Crippen molar-refractivity contribution in [2.45, 2.75) is 103 Å². The van der Waals surface area contributed by atoms with Gasteiger partial charge in [0, 0.05) is 126 Å². The number of quaternary nitrogens is 2. The van der Waals surface area contributed by atoms with Crippen molar-refractivity contribution in [3.63, 3.8) is 0 Å². The smallest absolute Gasteiger partial charge is 0.430 e. The van der Waals surface area contributed by atoms with Crippen LogP contribution in [0.2, 0.25) is 0 Å². The lowest BCUT2D eigenvalue weighted by atomic mass is 10.00. The van der Waals surface area contributed by atoms with Gasteiger partial charge in [0.1, 0.15) is 23.6 Å². The van der Waals surface area contributed by atoms with Gasteiger partial charge in [0.05, 0.1) is 66.5 Å². The van der Waals surface area contributed by atoms with Gasteiger partial charge in [-0.15, -0.1) is 0 Å². The van der Waals surface area contributed by atoms with Crippen molar-refractivity contribution in [1.29, 1.82) is 0 Å². The van der Waals surface area contributed by atoms with E-state index in [0.717, 1.165) is 147 Å². The molecule has 4 aliphatic rings. The normalized spacial score (nSPS) is 20.0. The highest BCUT2D eigenvalue weighted by atomic mass is 19.4. The average molecular weight is 1340 g/mol. The van der Waals surface area contributed by atoms with Gasteiger partial charge in [-0.2, -0.15) is 26.3 Å². The topological polar surface area (TPSA) is 175 Å². The minimum Gasteiger partial charge on any atom is -0.542 e. The molecule has 4 aliphatic heterocycles. The van der Waals surface area contributed by atoms with Crippen LogP contribution in [-0.2, 0) is 48.9 Å². The highest BCUT2D eigenvalue weighted by Gasteiger charge is 2.34. The SMILES string of the molecule is CC1CN(Cc2cccc(C(=O)NCc3ccc(F)c(-c4cccc(CN5CCN[C@@H](C)C5)c4)c3)c2)CC[N+]1(C)C.CC1CN(Cc2cccc(C(=O)NCc3ccc(F)c(-c4cccc(CN5CCN[C@@H](C)C5)c4)c3)c2)CC[N+]1(C)C.O=C([O-])C(F)(F)F.O=C([O-])C(F)(F)F. The number of carbonyl (C=O) groups is 4. The van der Waals surface area contributed by atoms with Crippen LogP contribution >= 0.6 is 0 Å². The van der Waals surface area contributed by atoms with Crippen LogP contribution in [-0.4, -0.2) is 196 Å². The number of carbonyl (C=O) groups excluding carboxylic acids is 4. The molecule has 4 heterocycles. The summed E-state index contributed by atoms with van der Waals surface area (Å²) < 4.78 is 95.1. The Balaban J connectivity index is 0.000000226. The first-order chi connectivity index (χ1) is 45.2. The lowest BCUT2D eigenvalue weighted by Gasteiger charge is -2.44. The van der Waals surface area contributed by atoms with Crippen molar-refractivity contribution in [2.24, 2.45) is 0 Å².